The summed E-state index contributed by atoms with van der Waals surface area (Å²) in [4.78, 5) is 0. The number of hydrogen-bond acceptors (Lipinski definition) is 1. The van der Waals surface area contributed by atoms with Gasteiger partial charge in [0.1, 0.15) is 0 Å². The first-order valence-corrected chi connectivity index (χ1v) is 8.09. The van der Waals surface area contributed by atoms with Gasteiger partial charge in [-0.25, -0.2) is 0 Å². The van der Waals surface area contributed by atoms with Crippen molar-refractivity contribution in [3.8, 4) is 0 Å². The minimum Gasteiger partial charge on any atom is -0.378 e. The highest BCUT2D eigenvalue weighted by molar-refractivity contribution is 5.49. The van der Waals surface area contributed by atoms with Crippen LogP contribution in [0.25, 0.3) is 0 Å². The van der Waals surface area contributed by atoms with Crippen molar-refractivity contribution in [2.75, 3.05) is 5.32 Å². The zero-order chi connectivity index (χ0) is 15.1. The monoisotopic (exact) mass is 281 g/mol. The Kier molecular flexibility index (Phi) is 5.86. The first-order valence-electron chi connectivity index (χ1n) is 8.09. The Bertz CT molecular complexity index is 545. The maximum absolute atomic E-state index is 3.72. The van der Waals surface area contributed by atoms with Gasteiger partial charge in [0, 0.05) is 5.69 Å². The molecule has 0 fully saturated rings. The highest BCUT2D eigenvalue weighted by Gasteiger charge is 2.11. The van der Waals surface area contributed by atoms with Crippen LogP contribution in [0.4, 0.5) is 5.69 Å². The van der Waals surface area contributed by atoms with Crippen LogP contribution in [0.1, 0.15) is 55.3 Å². The Morgan fingerprint density at radius 1 is 0.905 bits per heavy atom. The van der Waals surface area contributed by atoms with E-state index >= 15 is 0 Å². The van der Waals surface area contributed by atoms with E-state index in [-0.39, 0.29) is 0 Å². The zero-order valence-corrected chi connectivity index (χ0v) is 13.5. The normalized spacial score (nSPS) is 12.1. The summed E-state index contributed by atoms with van der Waals surface area (Å²) in [7, 11) is 0. The Labute approximate surface area is 129 Å². The fourth-order valence-corrected chi connectivity index (χ4v) is 2.64. The Hall–Kier alpha value is -1.76. The van der Waals surface area contributed by atoms with E-state index in [0.717, 1.165) is 0 Å². The van der Waals surface area contributed by atoms with Crippen molar-refractivity contribution >= 4 is 5.69 Å². The van der Waals surface area contributed by atoms with Gasteiger partial charge in [0.15, 0.2) is 0 Å². The largest absolute Gasteiger partial charge is 0.378 e. The van der Waals surface area contributed by atoms with Crippen LogP contribution in [0.2, 0.25) is 0 Å². The summed E-state index contributed by atoms with van der Waals surface area (Å²) < 4.78 is 0. The lowest BCUT2D eigenvalue weighted by molar-refractivity contribution is 0.606. The van der Waals surface area contributed by atoms with Crippen LogP contribution in [0.3, 0.4) is 0 Å². The van der Waals surface area contributed by atoms with Crippen LogP contribution >= 0.6 is 0 Å². The summed E-state index contributed by atoms with van der Waals surface area (Å²) in [6, 6.07) is 17.8. The van der Waals surface area contributed by atoms with E-state index in [0.29, 0.717) is 6.04 Å². The van der Waals surface area contributed by atoms with Crippen LogP contribution in [0.5, 0.6) is 0 Å². The summed E-state index contributed by atoms with van der Waals surface area (Å²) in [5.41, 5.74) is 5.30. The molecule has 0 saturated heterocycles. The molecule has 2 aromatic carbocycles. The second-order valence-corrected chi connectivity index (χ2v) is 5.90. The van der Waals surface area contributed by atoms with Crippen LogP contribution in [0.15, 0.2) is 48.5 Å². The predicted octanol–water partition coefficient (Wildman–Crippen LogP) is 6.04. The SMILES string of the molecule is CCCCCC(Nc1ccc(C)c(C)c1)c1ccccc1. The van der Waals surface area contributed by atoms with Gasteiger partial charge in [-0.1, -0.05) is 62.6 Å². The fraction of sp³-hybridized carbons (Fsp3) is 0.400. The number of aryl methyl sites for hydroxylation is 2. The molecule has 1 N–H and O–H groups in total. The van der Waals surface area contributed by atoms with Gasteiger partial charge in [-0.3, -0.25) is 0 Å². The molecule has 112 valence electrons. The van der Waals surface area contributed by atoms with Gasteiger partial charge < -0.3 is 5.32 Å². The van der Waals surface area contributed by atoms with Gasteiger partial charge >= 0.3 is 0 Å². The molecule has 0 aliphatic rings. The maximum atomic E-state index is 3.72. The molecule has 0 spiro atoms. The van der Waals surface area contributed by atoms with Crippen LogP contribution in [-0.4, -0.2) is 0 Å². The van der Waals surface area contributed by atoms with E-state index in [1.54, 1.807) is 0 Å². The van der Waals surface area contributed by atoms with E-state index in [4.69, 9.17) is 0 Å². The van der Waals surface area contributed by atoms with Crippen molar-refractivity contribution in [3.05, 3.63) is 65.2 Å². The highest BCUT2D eigenvalue weighted by Crippen LogP contribution is 2.26. The zero-order valence-electron chi connectivity index (χ0n) is 13.5. The van der Waals surface area contributed by atoms with Crippen molar-refractivity contribution in [1.29, 1.82) is 0 Å². The fourth-order valence-electron chi connectivity index (χ4n) is 2.64. The average Bonchev–Trinajstić information content (AvgIpc) is 2.51. The van der Waals surface area contributed by atoms with Gasteiger partial charge in [-0.2, -0.15) is 0 Å². The van der Waals surface area contributed by atoms with Crippen LogP contribution in [0, 0.1) is 13.8 Å². The first kappa shape index (κ1) is 15.6. The Balaban J connectivity index is 2.13. The van der Waals surface area contributed by atoms with Crippen molar-refractivity contribution < 1.29 is 0 Å². The molecule has 0 amide bonds. The lowest BCUT2D eigenvalue weighted by Crippen LogP contribution is -2.11. The summed E-state index contributed by atoms with van der Waals surface area (Å²) >= 11 is 0. The second kappa shape index (κ2) is 7.87. The minimum absolute atomic E-state index is 0.403. The molecule has 2 rings (SSSR count). The highest BCUT2D eigenvalue weighted by atomic mass is 14.9. The number of anilines is 1. The van der Waals surface area contributed by atoms with Crippen molar-refractivity contribution in [1.82, 2.24) is 0 Å². The molecule has 21 heavy (non-hydrogen) atoms. The molecule has 0 aliphatic heterocycles. The summed E-state index contributed by atoms with van der Waals surface area (Å²) in [6.07, 6.45) is 5.03. The smallest absolute Gasteiger partial charge is 0.0513 e. The molecule has 1 nitrogen and oxygen atoms in total. The average molecular weight is 281 g/mol. The van der Waals surface area contributed by atoms with E-state index in [9.17, 15) is 0 Å². The quantitative estimate of drug-likeness (QED) is 0.610. The third-order valence-corrected chi connectivity index (χ3v) is 4.15. The van der Waals surface area contributed by atoms with Crippen molar-refractivity contribution in [2.24, 2.45) is 0 Å². The number of hydrogen-bond donors (Lipinski definition) is 1. The molecule has 0 saturated carbocycles. The van der Waals surface area contributed by atoms with Crippen LogP contribution < -0.4 is 5.32 Å². The number of rotatable bonds is 7. The summed E-state index contributed by atoms with van der Waals surface area (Å²) in [5, 5.41) is 3.72. The first-order chi connectivity index (χ1) is 10.2. The number of benzene rings is 2. The maximum Gasteiger partial charge on any atom is 0.0513 e. The molecule has 1 heteroatoms. The Morgan fingerprint density at radius 2 is 1.67 bits per heavy atom. The topological polar surface area (TPSA) is 12.0 Å². The standard InChI is InChI=1S/C20H27N/c1-4-5-7-12-20(18-10-8-6-9-11-18)21-19-14-13-16(2)17(3)15-19/h6,8-11,13-15,20-21H,4-5,7,12H2,1-3H3. The predicted molar refractivity (Wildman–Crippen MR) is 92.9 cm³/mol. The molecular formula is C20H27N. The van der Waals surface area contributed by atoms with E-state index in [1.165, 1.54) is 48.1 Å². The summed E-state index contributed by atoms with van der Waals surface area (Å²) in [5.74, 6) is 0. The van der Waals surface area contributed by atoms with E-state index in [1.807, 2.05) is 0 Å². The van der Waals surface area contributed by atoms with E-state index < -0.39 is 0 Å². The minimum atomic E-state index is 0.403. The second-order valence-electron chi connectivity index (χ2n) is 5.90. The third kappa shape index (κ3) is 4.63. The van der Waals surface area contributed by atoms with Crippen molar-refractivity contribution in [3.63, 3.8) is 0 Å². The van der Waals surface area contributed by atoms with Gasteiger partial charge in [0.05, 0.1) is 6.04 Å². The number of unbranched alkanes of at least 4 members (excludes halogenated alkanes) is 2. The van der Waals surface area contributed by atoms with Gasteiger partial charge in [0.25, 0.3) is 0 Å². The molecular weight excluding hydrogens is 254 g/mol. The molecule has 1 unspecified atom stereocenters. The molecule has 0 aromatic heterocycles. The molecule has 0 heterocycles. The number of nitrogens with one attached hydrogen (secondary N) is 1. The lowest BCUT2D eigenvalue weighted by atomic mass is 9.99. The molecule has 1 atom stereocenters. The van der Waals surface area contributed by atoms with Gasteiger partial charge in [-0.15, -0.1) is 0 Å². The van der Waals surface area contributed by atoms with E-state index in [2.05, 4.69) is 74.6 Å². The van der Waals surface area contributed by atoms with Gasteiger partial charge in [0.2, 0.25) is 0 Å². The lowest BCUT2D eigenvalue weighted by Gasteiger charge is -2.21. The van der Waals surface area contributed by atoms with Crippen LogP contribution in [-0.2, 0) is 0 Å². The molecule has 0 aliphatic carbocycles. The Morgan fingerprint density at radius 3 is 2.33 bits per heavy atom. The van der Waals surface area contributed by atoms with Crippen molar-refractivity contribution in [2.45, 2.75) is 52.5 Å². The molecule has 2 aromatic rings. The van der Waals surface area contributed by atoms with Gasteiger partial charge in [-0.05, 0) is 49.1 Å². The molecule has 0 radical (unpaired) electrons. The molecule has 0 bridgehead atoms. The third-order valence-electron chi connectivity index (χ3n) is 4.15. The summed E-state index contributed by atoms with van der Waals surface area (Å²) in [6.45, 7) is 6.60.